The Morgan fingerprint density at radius 3 is 2.28 bits per heavy atom. The standard InChI is InChI=1S/C26H26N2O4/c1-4-31-20-11-7-18(8-12-20)26-28-24(22-15-21(30-3)13-14-25(22)32-26)16-23(27-28)17-5-9-19(29-2)10-6-17/h5-15,24,26H,4,16H2,1-3H3/t24-,26+/m1/s1. The van der Waals surface area contributed by atoms with Crippen LogP contribution in [-0.2, 0) is 0 Å². The molecule has 6 nitrogen and oxygen atoms in total. The molecule has 0 N–H and O–H groups in total. The van der Waals surface area contributed by atoms with Gasteiger partial charge in [0.2, 0.25) is 6.23 Å². The smallest absolute Gasteiger partial charge is 0.213 e. The molecule has 2 atom stereocenters. The molecular formula is C26H26N2O4. The van der Waals surface area contributed by atoms with Gasteiger partial charge in [-0.2, -0.15) is 5.10 Å². The maximum Gasteiger partial charge on any atom is 0.213 e. The SMILES string of the molecule is CCOc1ccc([C@@H]2Oc3ccc(OC)cc3[C@H]3CC(c4ccc(OC)cc4)=NN32)cc1. The molecule has 32 heavy (non-hydrogen) atoms. The van der Waals surface area contributed by atoms with E-state index in [1.54, 1.807) is 14.2 Å². The fourth-order valence-corrected chi connectivity index (χ4v) is 4.27. The van der Waals surface area contributed by atoms with Gasteiger partial charge >= 0.3 is 0 Å². The van der Waals surface area contributed by atoms with Crippen molar-refractivity contribution in [2.24, 2.45) is 5.10 Å². The lowest BCUT2D eigenvalue weighted by atomic mass is 9.95. The average molecular weight is 431 g/mol. The van der Waals surface area contributed by atoms with Crippen molar-refractivity contribution < 1.29 is 18.9 Å². The highest BCUT2D eigenvalue weighted by Crippen LogP contribution is 2.48. The van der Waals surface area contributed by atoms with E-state index in [-0.39, 0.29) is 12.3 Å². The van der Waals surface area contributed by atoms with E-state index in [9.17, 15) is 0 Å². The normalized spacial score (nSPS) is 18.8. The first kappa shape index (κ1) is 20.2. The van der Waals surface area contributed by atoms with Crippen LogP contribution >= 0.6 is 0 Å². The lowest BCUT2D eigenvalue weighted by Crippen LogP contribution is -2.33. The van der Waals surface area contributed by atoms with Crippen molar-refractivity contribution in [3.63, 3.8) is 0 Å². The molecule has 0 aromatic heterocycles. The fourth-order valence-electron chi connectivity index (χ4n) is 4.27. The van der Waals surface area contributed by atoms with Crippen molar-refractivity contribution >= 4 is 5.71 Å². The summed E-state index contributed by atoms with van der Waals surface area (Å²) < 4.78 is 22.8. The zero-order valence-electron chi connectivity index (χ0n) is 18.4. The van der Waals surface area contributed by atoms with Gasteiger partial charge in [-0.05, 0) is 79.2 Å². The van der Waals surface area contributed by atoms with Crippen LogP contribution in [-0.4, -0.2) is 31.5 Å². The van der Waals surface area contributed by atoms with Gasteiger partial charge in [-0.1, -0.05) is 0 Å². The zero-order valence-corrected chi connectivity index (χ0v) is 18.4. The van der Waals surface area contributed by atoms with Gasteiger partial charge in [0.15, 0.2) is 0 Å². The van der Waals surface area contributed by atoms with Crippen molar-refractivity contribution in [3.8, 4) is 23.0 Å². The average Bonchev–Trinajstić information content (AvgIpc) is 3.30. The predicted molar refractivity (Wildman–Crippen MR) is 123 cm³/mol. The van der Waals surface area contributed by atoms with Crippen LogP contribution in [0.5, 0.6) is 23.0 Å². The molecule has 0 spiro atoms. The number of hydrazone groups is 1. The molecule has 0 unspecified atom stereocenters. The van der Waals surface area contributed by atoms with Crippen molar-refractivity contribution in [2.75, 3.05) is 20.8 Å². The first-order valence-electron chi connectivity index (χ1n) is 10.8. The molecule has 0 fully saturated rings. The van der Waals surface area contributed by atoms with Gasteiger partial charge in [0, 0.05) is 17.5 Å². The molecule has 3 aromatic carbocycles. The van der Waals surface area contributed by atoms with Gasteiger partial charge in [-0.3, -0.25) is 0 Å². The number of ether oxygens (including phenoxy) is 4. The summed E-state index contributed by atoms with van der Waals surface area (Å²) in [7, 11) is 3.35. The quantitative estimate of drug-likeness (QED) is 0.528. The van der Waals surface area contributed by atoms with Crippen LogP contribution in [0.3, 0.4) is 0 Å². The van der Waals surface area contributed by atoms with Crippen LogP contribution in [0, 0.1) is 0 Å². The van der Waals surface area contributed by atoms with Gasteiger partial charge in [0.05, 0.1) is 32.6 Å². The van der Waals surface area contributed by atoms with Crippen molar-refractivity contribution in [3.05, 3.63) is 83.4 Å². The third kappa shape index (κ3) is 3.62. The molecule has 0 radical (unpaired) electrons. The molecule has 0 amide bonds. The molecule has 5 rings (SSSR count). The second-order valence-electron chi connectivity index (χ2n) is 7.75. The fraction of sp³-hybridized carbons (Fsp3) is 0.269. The largest absolute Gasteiger partial charge is 0.497 e. The minimum absolute atomic E-state index is 0.0579. The lowest BCUT2D eigenvalue weighted by molar-refractivity contribution is -0.0191. The number of hydrogen-bond donors (Lipinski definition) is 0. The van der Waals surface area contributed by atoms with Crippen molar-refractivity contribution in [1.82, 2.24) is 5.01 Å². The van der Waals surface area contributed by atoms with E-state index >= 15 is 0 Å². The van der Waals surface area contributed by atoms with Crippen LogP contribution in [0.15, 0.2) is 71.8 Å². The summed E-state index contributed by atoms with van der Waals surface area (Å²) in [4.78, 5) is 0. The number of benzene rings is 3. The number of nitrogens with zero attached hydrogens (tertiary/aromatic N) is 2. The Kier molecular flexibility index (Phi) is 5.35. The molecule has 0 saturated carbocycles. The predicted octanol–water partition coefficient (Wildman–Crippen LogP) is 5.34. The van der Waals surface area contributed by atoms with E-state index in [0.29, 0.717) is 6.61 Å². The topological polar surface area (TPSA) is 52.5 Å². The maximum absolute atomic E-state index is 6.45. The Labute approximate surface area is 188 Å². The third-order valence-electron chi connectivity index (χ3n) is 5.90. The monoisotopic (exact) mass is 430 g/mol. The lowest BCUT2D eigenvalue weighted by Gasteiger charge is -2.38. The maximum atomic E-state index is 6.45. The second-order valence-corrected chi connectivity index (χ2v) is 7.75. The zero-order chi connectivity index (χ0) is 22.1. The Bertz CT molecular complexity index is 1130. The number of fused-ring (bicyclic) bond motifs is 3. The molecule has 0 bridgehead atoms. The van der Waals surface area contributed by atoms with Crippen molar-refractivity contribution in [2.45, 2.75) is 25.6 Å². The molecule has 164 valence electrons. The molecule has 2 aliphatic rings. The van der Waals surface area contributed by atoms with Crippen LogP contribution in [0.4, 0.5) is 0 Å². The van der Waals surface area contributed by atoms with Gasteiger partial charge in [-0.15, -0.1) is 0 Å². The molecule has 0 saturated heterocycles. The first-order valence-corrected chi connectivity index (χ1v) is 10.8. The summed E-state index contributed by atoms with van der Waals surface area (Å²) >= 11 is 0. The first-order chi connectivity index (χ1) is 15.7. The minimum Gasteiger partial charge on any atom is -0.497 e. The summed E-state index contributed by atoms with van der Waals surface area (Å²) in [6.45, 7) is 2.62. The highest BCUT2D eigenvalue weighted by atomic mass is 16.5. The second kappa shape index (κ2) is 8.46. The molecule has 2 heterocycles. The van der Waals surface area contributed by atoms with E-state index in [2.05, 4.69) is 17.1 Å². The van der Waals surface area contributed by atoms with Gasteiger partial charge in [0.25, 0.3) is 0 Å². The van der Waals surface area contributed by atoms with E-state index in [4.69, 9.17) is 24.0 Å². The molecular weight excluding hydrogens is 404 g/mol. The third-order valence-corrected chi connectivity index (χ3v) is 5.90. The summed E-state index contributed by atoms with van der Waals surface area (Å²) in [5, 5.41) is 7.09. The summed E-state index contributed by atoms with van der Waals surface area (Å²) in [5.74, 6) is 3.34. The summed E-state index contributed by atoms with van der Waals surface area (Å²) in [5.41, 5.74) is 4.21. The van der Waals surface area contributed by atoms with E-state index in [0.717, 1.165) is 51.8 Å². The van der Waals surface area contributed by atoms with E-state index in [1.165, 1.54) is 0 Å². The Morgan fingerprint density at radius 2 is 1.59 bits per heavy atom. The van der Waals surface area contributed by atoms with Gasteiger partial charge in [-0.25, -0.2) is 5.01 Å². The van der Waals surface area contributed by atoms with E-state index < -0.39 is 0 Å². The summed E-state index contributed by atoms with van der Waals surface area (Å²) in [6.07, 6.45) is 0.455. The van der Waals surface area contributed by atoms with E-state index in [1.807, 2.05) is 61.5 Å². The van der Waals surface area contributed by atoms with Gasteiger partial charge in [0.1, 0.15) is 23.0 Å². The van der Waals surface area contributed by atoms with Crippen LogP contribution < -0.4 is 18.9 Å². The Hall–Kier alpha value is -3.67. The molecule has 2 aliphatic heterocycles. The van der Waals surface area contributed by atoms with Gasteiger partial charge < -0.3 is 18.9 Å². The molecule has 3 aromatic rings. The molecule has 6 heteroatoms. The number of methoxy groups -OCH3 is 2. The highest BCUT2D eigenvalue weighted by Gasteiger charge is 2.41. The minimum atomic E-state index is -0.327. The Balaban J connectivity index is 1.53. The number of hydrogen-bond acceptors (Lipinski definition) is 6. The summed E-state index contributed by atoms with van der Waals surface area (Å²) in [6, 6.07) is 22.1. The van der Waals surface area contributed by atoms with Crippen LogP contribution in [0.2, 0.25) is 0 Å². The Morgan fingerprint density at radius 1 is 0.906 bits per heavy atom. The van der Waals surface area contributed by atoms with Crippen LogP contribution in [0.1, 0.15) is 42.3 Å². The molecule has 0 aliphatic carbocycles. The number of rotatable bonds is 6. The van der Waals surface area contributed by atoms with Crippen molar-refractivity contribution in [1.29, 1.82) is 0 Å². The highest BCUT2D eigenvalue weighted by molar-refractivity contribution is 6.02. The van der Waals surface area contributed by atoms with Crippen LogP contribution in [0.25, 0.3) is 0 Å².